The molecule has 102 valence electrons. The van der Waals surface area contributed by atoms with Crippen LogP contribution in [0.25, 0.3) is 0 Å². The van der Waals surface area contributed by atoms with E-state index in [9.17, 15) is 4.79 Å². The van der Waals surface area contributed by atoms with Crippen LogP contribution in [-0.2, 0) is 4.79 Å². The minimum absolute atomic E-state index is 0.0376. The normalized spacial score (nSPS) is 22.3. The van der Waals surface area contributed by atoms with Crippen LogP contribution in [0.2, 0.25) is 0 Å². The van der Waals surface area contributed by atoms with Crippen LogP contribution < -0.4 is 20.1 Å². The third kappa shape index (κ3) is 2.51. The molecule has 0 aromatic heterocycles. The number of carbonyl (C=O) groups is 1. The zero-order valence-electron chi connectivity index (χ0n) is 10.9. The molecule has 1 unspecified atom stereocenters. The van der Waals surface area contributed by atoms with Crippen LogP contribution in [0.15, 0.2) is 18.2 Å². The molecule has 0 aliphatic carbocycles. The van der Waals surface area contributed by atoms with Gasteiger partial charge in [0.1, 0.15) is 0 Å². The largest absolute Gasteiger partial charge is 0.454 e. The Morgan fingerprint density at radius 3 is 3.05 bits per heavy atom. The highest BCUT2D eigenvalue weighted by Gasteiger charge is 2.24. The number of amides is 1. The van der Waals surface area contributed by atoms with Gasteiger partial charge < -0.3 is 20.1 Å². The van der Waals surface area contributed by atoms with Crippen LogP contribution in [0.1, 0.15) is 31.4 Å². The van der Waals surface area contributed by atoms with E-state index in [1.165, 1.54) is 0 Å². The van der Waals surface area contributed by atoms with E-state index >= 15 is 0 Å². The van der Waals surface area contributed by atoms with E-state index in [1.54, 1.807) is 0 Å². The molecule has 1 aromatic rings. The van der Waals surface area contributed by atoms with Crippen molar-refractivity contribution in [2.45, 2.75) is 31.8 Å². The monoisotopic (exact) mass is 262 g/mol. The second-order valence-electron chi connectivity index (χ2n) is 4.99. The predicted molar refractivity (Wildman–Crippen MR) is 70.1 cm³/mol. The third-order valence-electron chi connectivity index (χ3n) is 3.63. The van der Waals surface area contributed by atoms with Gasteiger partial charge in [-0.15, -0.1) is 0 Å². The molecule has 2 heterocycles. The van der Waals surface area contributed by atoms with Gasteiger partial charge in [-0.05, 0) is 44.0 Å². The molecule has 2 N–H and O–H groups in total. The smallest absolute Gasteiger partial charge is 0.237 e. The topological polar surface area (TPSA) is 59.6 Å². The predicted octanol–water partition coefficient (Wildman–Crippen LogP) is 1.34. The van der Waals surface area contributed by atoms with Crippen molar-refractivity contribution in [3.63, 3.8) is 0 Å². The summed E-state index contributed by atoms with van der Waals surface area (Å²) in [7, 11) is 0. The van der Waals surface area contributed by atoms with Gasteiger partial charge in [-0.25, -0.2) is 0 Å². The average Bonchev–Trinajstić information content (AvgIpc) is 3.09. The summed E-state index contributed by atoms with van der Waals surface area (Å²) in [6.07, 6.45) is 1.98. The first-order valence-electron chi connectivity index (χ1n) is 6.67. The summed E-state index contributed by atoms with van der Waals surface area (Å²) in [5, 5.41) is 6.23. The first-order chi connectivity index (χ1) is 9.24. The van der Waals surface area contributed by atoms with Gasteiger partial charge in [0.25, 0.3) is 0 Å². The Balaban J connectivity index is 1.66. The lowest BCUT2D eigenvalue weighted by Gasteiger charge is -2.17. The van der Waals surface area contributed by atoms with Gasteiger partial charge in [-0.1, -0.05) is 6.07 Å². The molecular formula is C14H18N2O3. The first kappa shape index (κ1) is 12.3. The van der Waals surface area contributed by atoms with Crippen molar-refractivity contribution in [3.8, 4) is 11.5 Å². The molecule has 0 radical (unpaired) electrons. The molecule has 0 bridgehead atoms. The Hall–Kier alpha value is -1.75. The van der Waals surface area contributed by atoms with Gasteiger partial charge in [0.05, 0.1) is 12.1 Å². The standard InChI is InChI=1S/C14H18N2O3/c1-9(16-14(17)11-3-2-6-15-11)10-4-5-12-13(7-10)19-8-18-12/h4-5,7,9,11,15H,2-3,6,8H2,1H3,(H,16,17)/t9?,11-/m1/s1. The summed E-state index contributed by atoms with van der Waals surface area (Å²) >= 11 is 0. The Labute approximate surface area is 112 Å². The third-order valence-corrected chi connectivity index (χ3v) is 3.63. The van der Waals surface area contributed by atoms with Crippen LogP contribution in [-0.4, -0.2) is 25.3 Å². The molecular weight excluding hydrogens is 244 g/mol. The van der Waals surface area contributed by atoms with Crippen molar-refractivity contribution >= 4 is 5.91 Å². The van der Waals surface area contributed by atoms with Crippen molar-refractivity contribution in [2.24, 2.45) is 0 Å². The van der Waals surface area contributed by atoms with Gasteiger partial charge in [-0.2, -0.15) is 0 Å². The molecule has 1 aromatic carbocycles. The average molecular weight is 262 g/mol. The molecule has 1 saturated heterocycles. The number of carbonyl (C=O) groups excluding carboxylic acids is 1. The van der Waals surface area contributed by atoms with Gasteiger partial charge in [0.15, 0.2) is 11.5 Å². The number of benzene rings is 1. The van der Waals surface area contributed by atoms with Crippen molar-refractivity contribution in [1.82, 2.24) is 10.6 Å². The summed E-state index contributed by atoms with van der Waals surface area (Å²) in [4.78, 5) is 12.0. The zero-order valence-corrected chi connectivity index (χ0v) is 10.9. The second-order valence-corrected chi connectivity index (χ2v) is 4.99. The minimum Gasteiger partial charge on any atom is -0.454 e. The number of hydrogen-bond donors (Lipinski definition) is 2. The highest BCUT2D eigenvalue weighted by Crippen LogP contribution is 2.34. The summed E-state index contributed by atoms with van der Waals surface area (Å²) in [5.41, 5.74) is 1.02. The highest BCUT2D eigenvalue weighted by molar-refractivity contribution is 5.82. The van der Waals surface area contributed by atoms with Crippen LogP contribution in [0.5, 0.6) is 11.5 Å². The number of ether oxygens (including phenoxy) is 2. The molecule has 2 atom stereocenters. The quantitative estimate of drug-likeness (QED) is 0.863. The van der Waals surface area contributed by atoms with Crippen LogP contribution in [0.4, 0.5) is 0 Å². The summed E-state index contributed by atoms with van der Waals surface area (Å²) in [6, 6.07) is 5.69. The molecule has 5 heteroatoms. The SMILES string of the molecule is CC(NC(=O)[C@H]1CCCN1)c1ccc2c(c1)OCO2. The fourth-order valence-corrected chi connectivity index (χ4v) is 2.49. The van der Waals surface area contributed by atoms with Crippen molar-refractivity contribution in [1.29, 1.82) is 0 Å². The van der Waals surface area contributed by atoms with E-state index in [1.807, 2.05) is 25.1 Å². The molecule has 3 rings (SSSR count). The summed E-state index contributed by atoms with van der Waals surface area (Å²) in [6.45, 7) is 3.17. The zero-order chi connectivity index (χ0) is 13.2. The van der Waals surface area contributed by atoms with Gasteiger partial charge in [0, 0.05) is 0 Å². The van der Waals surface area contributed by atoms with Gasteiger partial charge >= 0.3 is 0 Å². The molecule has 2 aliphatic heterocycles. The lowest BCUT2D eigenvalue weighted by atomic mass is 10.1. The van der Waals surface area contributed by atoms with E-state index in [2.05, 4.69) is 10.6 Å². The fraction of sp³-hybridized carbons (Fsp3) is 0.500. The van der Waals surface area contributed by atoms with E-state index < -0.39 is 0 Å². The van der Waals surface area contributed by atoms with Crippen LogP contribution in [0.3, 0.4) is 0 Å². The van der Waals surface area contributed by atoms with E-state index in [0.29, 0.717) is 0 Å². The van der Waals surface area contributed by atoms with E-state index in [-0.39, 0.29) is 24.8 Å². The minimum atomic E-state index is -0.0449. The first-order valence-corrected chi connectivity index (χ1v) is 6.67. The van der Waals surface area contributed by atoms with Crippen molar-refractivity contribution < 1.29 is 14.3 Å². The number of rotatable bonds is 3. The van der Waals surface area contributed by atoms with Gasteiger partial charge in [-0.3, -0.25) is 4.79 Å². The fourth-order valence-electron chi connectivity index (χ4n) is 2.49. The van der Waals surface area contributed by atoms with Gasteiger partial charge in [0.2, 0.25) is 12.7 Å². The number of fused-ring (bicyclic) bond motifs is 1. The van der Waals surface area contributed by atoms with Crippen molar-refractivity contribution in [2.75, 3.05) is 13.3 Å². The number of hydrogen-bond acceptors (Lipinski definition) is 4. The Morgan fingerprint density at radius 1 is 1.42 bits per heavy atom. The Kier molecular flexibility index (Phi) is 3.29. The Morgan fingerprint density at radius 2 is 2.26 bits per heavy atom. The highest BCUT2D eigenvalue weighted by atomic mass is 16.7. The van der Waals surface area contributed by atoms with Crippen molar-refractivity contribution in [3.05, 3.63) is 23.8 Å². The van der Waals surface area contributed by atoms with E-state index in [4.69, 9.17) is 9.47 Å². The molecule has 0 saturated carbocycles. The second kappa shape index (κ2) is 5.09. The molecule has 1 amide bonds. The molecule has 0 spiro atoms. The summed E-state index contributed by atoms with van der Waals surface area (Å²) < 4.78 is 10.6. The maximum absolute atomic E-state index is 12.0. The molecule has 19 heavy (non-hydrogen) atoms. The maximum atomic E-state index is 12.0. The summed E-state index contributed by atoms with van der Waals surface area (Å²) in [5.74, 6) is 1.58. The van der Waals surface area contributed by atoms with Crippen LogP contribution in [0, 0.1) is 0 Å². The number of nitrogens with one attached hydrogen (secondary N) is 2. The maximum Gasteiger partial charge on any atom is 0.237 e. The van der Waals surface area contributed by atoms with E-state index in [0.717, 1.165) is 36.4 Å². The molecule has 5 nitrogen and oxygen atoms in total. The molecule has 2 aliphatic rings. The lowest BCUT2D eigenvalue weighted by Crippen LogP contribution is -2.41. The Bertz CT molecular complexity index is 484. The molecule has 1 fully saturated rings. The lowest BCUT2D eigenvalue weighted by molar-refractivity contribution is -0.123. The van der Waals surface area contributed by atoms with Crippen LogP contribution >= 0.6 is 0 Å².